The summed E-state index contributed by atoms with van der Waals surface area (Å²) in [6.45, 7) is 5.00. The van der Waals surface area contributed by atoms with Gasteiger partial charge in [-0.05, 0) is 44.6 Å². The first-order valence-electron chi connectivity index (χ1n) is 7.19. The molecule has 0 spiro atoms. The van der Waals surface area contributed by atoms with Crippen LogP contribution in [0.4, 0.5) is 5.82 Å². The van der Waals surface area contributed by atoms with Crippen molar-refractivity contribution >= 4 is 5.82 Å². The first-order valence-corrected chi connectivity index (χ1v) is 7.19. The number of pyridine rings is 1. The smallest absolute Gasteiger partial charge is 0.128 e. The van der Waals surface area contributed by atoms with E-state index in [2.05, 4.69) is 11.9 Å². The van der Waals surface area contributed by atoms with E-state index in [4.69, 9.17) is 16.2 Å². The van der Waals surface area contributed by atoms with Crippen LogP contribution < -0.4 is 11.5 Å². The molecule has 19 heavy (non-hydrogen) atoms. The van der Waals surface area contributed by atoms with E-state index >= 15 is 0 Å². The molecule has 1 aromatic rings. The molecular formula is C15H25N3O. The van der Waals surface area contributed by atoms with Gasteiger partial charge in [-0.15, -0.1) is 0 Å². The van der Waals surface area contributed by atoms with Gasteiger partial charge in [0, 0.05) is 18.4 Å². The van der Waals surface area contributed by atoms with Crippen LogP contribution in [0.5, 0.6) is 0 Å². The number of nitrogens with zero attached hydrogens (tertiary/aromatic N) is 1. The van der Waals surface area contributed by atoms with Gasteiger partial charge < -0.3 is 16.2 Å². The molecule has 1 aromatic heterocycles. The third-order valence-corrected chi connectivity index (χ3v) is 4.33. The maximum absolute atomic E-state index is 6.49. The van der Waals surface area contributed by atoms with E-state index in [1.807, 2.05) is 19.1 Å². The Balaban J connectivity index is 2.26. The Hall–Kier alpha value is -1.13. The number of nitrogen functional groups attached to an aromatic ring is 1. The first kappa shape index (κ1) is 14.3. The first-order chi connectivity index (χ1) is 9.09. The van der Waals surface area contributed by atoms with E-state index in [-0.39, 0.29) is 11.6 Å². The quantitative estimate of drug-likeness (QED) is 0.875. The van der Waals surface area contributed by atoms with E-state index in [9.17, 15) is 0 Å². The van der Waals surface area contributed by atoms with Crippen molar-refractivity contribution in [2.45, 2.75) is 51.2 Å². The Kier molecular flexibility index (Phi) is 4.42. The summed E-state index contributed by atoms with van der Waals surface area (Å²) in [5.74, 6) is 1.28. The molecule has 0 bridgehead atoms. The van der Waals surface area contributed by atoms with Crippen molar-refractivity contribution in [3.63, 3.8) is 0 Å². The zero-order valence-corrected chi connectivity index (χ0v) is 11.9. The number of hydrogen-bond acceptors (Lipinski definition) is 4. The SMILES string of the molecule is CCOC1(C(N)c2cccnc2N)CCC(C)CC1. The molecule has 4 heteroatoms. The molecule has 4 N–H and O–H groups in total. The van der Waals surface area contributed by atoms with Crippen LogP contribution in [0.1, 0.15) is 51.1 Å². The van der Waals surface area contributed by atoms with Gasteiger partial charge in [-0.2, -0.15) is 0 Å². The van der Waals surface area contributed by atoms with Gasteiger partial charge in [-0.1, -0.05) is 13.0 Å². The summed E-state index contributed by atoms with van der Waals surface area (Å²) in [5.41, 5.74) is 13.1. The Morgan fingerprint density at radius 2 is 2.16 bits per heavy atom. The molecule has 0 amide bonds. The number of rotatable bonds is 4. The topological polar surface area (TPSA) is 74.2 Å². The van der Waals surface area contributed by atoms with Crippen molar-refractivity contribution < 1.29 is 4.74 Å². The van der Waals surface area contributed by atoms with Gasteiger partial charge in [-0.3, -0.25) is 0 Å². The van der Waals surface area contributed by atoms with Crippen LogP contribution in [-0.2, 0) is 4.74 Å². The predicted octanol–water partition coefficient (Wildman–Crippen LogP) is 2.65. The third-order valence-electron chi connectivity index (χ3n) is 4.33. The average molecular weight is 263 g/mol. The summed E-state index contributed by atoms with van der Waals surface area (Å²) in [6, 6.07) is 3.65. The molecule has 1 saturated carbocycles. The molecule has 0 aromatic carbocycles. The lowest BCUT2D eigenvalue weighted by Crippen LogP contribution is -2.46. The molecule has 0 radical (unpaired) electrons. The molecule has 4 nitrogen and oxygen atoms in total. The second kappa shape index (κ2) is 5.88. The third kappa shape index (κ3) is 2.90. The summed E-state index contributed by atoms with van der Waals surface area (Å²) in [5, 5.41) is 0. The normalized spacial score (nSPS) is 29.1. The van der Waals surface area contributed by atoms with Crippen LogP contribution in [0.25, 0.3) is 0 Å². The van der Waals surface area contributed by atoms with Crippen molar-refractivity contribution in [3.05, 3.63) is 23.9 Å². The zero-order valence-electron chi connectivity index (χ0n) is 11.9. The lowest BCUT2D eigenvalue weighted by atomic mass is 9.73. The van der Waals surface area contributed by atoms with Gasteiger partial charge in [0.1, 0.15) is 5.82 Å². The fraction of sp³-hybridized carbons (Fsp3) is 0.667. The lowest BCUT2D eigenvalue weighted by Gasteiger charge is -2.43. The van der Waals surface area contributed by atoms with Crippen LogP contribution in [0.2, 0.25) is 0 Å². The van der Waals surface area contributed by atoms with Crippen molar-refractivity contribution in [2.75, 3.05) is 12.3 Å². The van der Waals surface area contributed by atoms with Gasteiger partial charge in [0.2, 0.25) is 0 Å². The molecule has 1 heterocycles. The van der Waals surface area contributed by atoms with Crippen molar-refractivity contribution in [1.82, 2.24) is 4.98 Å². The monoisotopic (exact) mass is 263 g/mol. The van der Waals surface area contributed by atoms with E-state index < -0.39 is 0 Å². The highest BCUT2D eigenvalue weighted by molar-refractivity contribution is 5.42. The Bertz CT molecular complexity index is 414. The Morgan fingerprint density at radius 3 is 2.74 bits per heavy atom. The fourth-order valence-electron chi connectivity index (χ4n) is 3.06. The summed E-state index contributed by atoms with van der Waals surface area (Å²) < 4.78 is 6.08. The van der Waals surface area contributed by atoms with E-state index in [1.165, 1.54) is 0 Å². The van der Waals surface area contributed by atoms with Crippen LogP contribution in [-0.4, -0.2) is 17.2 Å². The molecule has 0 saturated heterocycles. The highest BCUT2D eigenvalue weighted by atomic mass is 16.5. The number of hydrogen-bond donors (Lipinski definition) is 2. The van der Waals surface area contributed by atoms with E-state index in [0.29, 0.717) is 12.4 Å². The van der Waals surface area contributed by atoms with Crippen molar-refractivity contribution in [3.8, 4) is 0 Å². The largest absolute Gasteiger partial charge is 0.383 e. The van der Waals surface area contributed by atoms with Gasteiger partial charge in [0.15, 0.2) is 0 Å². The van der Waals surface area contributed by atoms with Gasteiger partial charge in [-0.25, -0.2) is 4.98 Å². The van der Waals surface area contributed by atoms with Crippen LogP contribution in [0, 0.1) is 5.92 Å². The minimum Gasteiger partial charge on any atom is -0.383 e. The second-order valence-corrected chi connectivity index (χ2v) is 5.64. The van der Waals surface area contributed by atoms with Gasteiger partial charge in [0.25, 0.3) is 0 Å². The van der Waals surface area contributed by atoms with Crippen LogP contribution in [0.15, 0.2) is 18.3 Å². The molecule has 1 aliphatic rings. The summed E-state index contributed by atoms with van der Waals surface area (Å²) in [7, 11) is 0. The van der Waals surface area contributed by atoms with Crippen molar-refractivity contribution in [1.29, 1.82) is 0 Å². The molecule has 1 atom stereocenters. The molecule has 106 valence electrons. The Labute approximate surface area is 115 Å². The van der Waals surface area contributed by atoms with E-state index in [0.717, 1.165) is 37.2 Å². The molecule has 0 aliphatic heterocycles. The van der Waals surface area contributed by atoms with E-state index in [1.54, 1.807) is 6.20 Å². The minimum atomic E-state index is -0.279. The highest BCUT2D eigenvalue weighted by Gasteiger charge is 2.41. The number of anilines is 1. The number of nitrogens with two attached hydrogens (primary N) is 2. The number of ether oxygens (including phenoxy) is 1. The predicted molar refractivity (Wildman–Crippen MR) is 77.6 cm³/mol. The number of aromatic nitrogens is 1. The molecule has 1 unspecified atom stereocenters. The summed E-state index contributed by atoms with van der Waals surface area (Å²) in [4.78, 5) is 4.14. The summed E-state index contributed by atoms with van der Waals surface area (Å²) >= 11 is 0. The highest BCUT2D eigenvalue weighted by Crippen LogP contribution is 2.42. The Morgan fingerprint density at radius 1 is 1.47 bits per heavy atom. The summed E-state index contributed by atoms with van der Waals surface area (Å²) in [6.07, 6.45) is 6.01. The standard InChI is InChI=1S/C15H25N3O/c1-3-19-15(8-6-11(2)7-9-15)13(16)12-5-4-10-18-14(12)17/h4-5,10-11,13H,3,6-9,16H2,1-2H3,(H2,17,18). The average Bonchev–Trinajstić information content (AvgIpc) is 2.42. The fourth-order valence-corrected chi connectivity index (χ4v) is 3.06. The zero-order chi connectivity index (χ0) is 13.9. The van der Waals surface area contributed by atoms with Crippen LogP contribution >= 0.6 is 0 Å². The second-order valence-electron chi connectivity index (χ2n) is 5.64. The van der Waals surface area contributed by atoms with Gasteiger partial charge >= 0.3 is 0 Å². The maximum atomic E-state index is 6.49. The molecule has 2 rings (SSSR count). The molecule has 1 aliphatic carbocycles. The van der Waals surface area contributed by atoms with Gasteiger partial charge in [0.05, 0.1) is 11.6 Å². The maximum Gasteiger partial charge on any atom is 0.128 e. The van der Waals surface area contributed by atoms with Crippen LogP contribution in [0.3, 0.4) is 0 Å². The minimum absolute atomic E-state index is 0.200. The molecular weight excluding hydrogens is 238 g/mol. The lowest BCUT2D eigenvalue weighted by molar-refractivity contribution is -0.0895. The van der Waals surface area contributed by atoms with Crippen molar-refractivity contribution in [2.24, 2.45) is 11.7 Å². The molecule has 1 fully saturated rings.